The van der Waals surface area contributed by atoms with Crippen LogP contribution in [0.1, 0.15) is 48.7 Å². The number of imidazole rings is 1. The number of amides is 1. The van der Waals surface area contributed by atoms with Crippen LogP contribution in [-0.2, 0) is 16.1 Å². The Kier molecular flexibility index (Phi) is 7.11. The number of nitrogens with two attached hydrogens (primary N) is 1. The van der Waals surface area contributed by atoms with Crippen molar-refractivity contribution in [3.05, 3.63) is 53.5 Å². The lowest BCUT2D eigenvalue weighted by Gasteiger charge is -2.29. The second-order valence-corrected chi connectivity index (χ2v) is 8.52. The zero-order valence-electron chi connectivity index (χ0n) is 19.4. The highest BCUT2D eigenvalue weighted by Gasteiger charge is 2.29. The number of nitrogens with zero attached hydrogens (tertiary/aromatic N) is 4. The van der Waals surface area contributed by atoms with Crippen molar-refractivity contribution >= 4 is 29.1 Å². The van der Waals surface area contributed by atoms with Gasteiger partial charge in [0.25, 0.3) is 5.91 Å². The molecule has 1 amide bonds. The van der Waals surface area contributed by atoms with Gasteiger partial charge in [0.2, 0.25) is 5.82 Å². The van der Waals surface area contributed by atoms with Gasteiger partial charge in [-0.25, -0.2) is 24.1 Å². The minimum atomic E-state index is -0.930. The second-order valence-electron chi connectivity index (χ2n) is 8.52. The predicted molar refractivity (Wildman–Crippen MR) is 121 cm³/mol. The van der Waals surface area contributed by atoms with Gasteiger partial charge < -0.3 is 20.2 Å². The molecule has 12 heteroatoms. The van der Waals surface area contributed by atoms with Crippen molar-refractivity contribution < 1.29 is 23.9 Å². The number of aromatic amines is 1. The third-order valence-electron chi connectivity index (χ3n) is 4.57. The van der Waals surface area contributed by atoms with Gasteiger partial charge >= 0.3 is 12.1 Å². The Hall–Kier alpha value is -4.06. The zero-order chi connectivity index (χ0) is 25.0. The standard InChI is InChI=1S/C22H27N7O5/c1-13(23)28(21(32)34-22(2,3)4)10-15(30)29-17(24)16-18(26-12-25-16)27-19(29)20(31)33-11-14-8-6-5-7-9-14/h5-9,12-13,24H,10-11,23H2,1-4H3,(H,25,26). The molecule has 0 radical (unpaired) electrons. The highest BCUT2D eigenvalue weighted by Crippen LogP contribution is 2.12. The Morgan fingerprint density at radius 3 is 2.53 bits per heavy atom. The maximum Gasteiger partial charge on any atom is 0.412 e. The highest BCUT2D eigenvalue weighted by molar-refractivity contribution is 5.95. The van der Waals surface area contributed by atoms with Crippen molar-refractivity contribution in [1.29, 1.82) is 5.41 Å². The van der Waals surface area contributed by atoms with Gasteiger partial charge in [0.15, 0.2) is 11.1 Å². The van der Waals surface area contributed by atoms with Crippen LogP contribution >= 0.6 is 0 Å². The minimum absolute atomic E-state index is 0.0641. The SMILES string of the molecule is CC(N)N(CC(=O)n1c(C(=O)OCc2ccccc2)nc2nc[nH]c2c1=N)C(=O)OC(C)(C)C. The van der Waals surface area contributed by atoms with Crippen molar-refractivity contribution in [3.63, 3.8) is 0 Å². The average Bonchev–Trinajstić information content (AvgIpc) is 3.24. The van der Waals surface area contributed by atoms with Crippen LogP contribution in [0.15, 0.2) is 36.7 Å². The fraction of sp³-hybridized carbons (Fsp3) is 0.364. The van der Waals surface area contributed by atoms with E-state index in [1.807, 2.05) is 6.07 Å². The Morgan fingerprint density at radius 2 is 1.91 bits per heavy atom. The van der Waals surface area contributed by atoms with Crippen molar-refractivity contribution in [2.45, 2.75) is 46.1 Å². The molecule has 3 rings (SSSR count). The quantitative estimate of drug-likeness (QED) is 0.362. The summed E-state index contributed by atoms with van der Waals surface area (Å²) in [5.41, 5.74) is 5.65. The summed E-state index contributed by atoms with van der Waals surface area (Å²) in [6.45, 7) is 5.92. The monoisotopic (exact) mass is 469 g/mol. The number of fused-ring (bicyclic) bond motifs is 1. The molecule has 0 aliphatic heterocycles. The van der Waals surface area contributed by atoms with E-state index in [0.717, 1.165) is 15.0 Å². The van der Waals surface area contributed by atoms with Crippen LogP contribution in [0.4, 0.5) is 4.79 Å². The molecule has 1 aromatic carbocycles. The number of carbonyl (C=O) groups is 3. The van der Waals surface area contributed by atoms with Gasteiger partial charge in [-0.15, -0.1) is 0 Å². The number of carbonyl (C=O) groups excluding carboxylic acids is 3. The number of nitrogens with one attached hydrogen (secondary N) is 2. The Morgan fingerprint density at radius 1 is 1.24 bits per heavy atom. The smallest absolute Gasteiger partial charge is 0.412 e. The summed E-state index contributed by atoms with van der Waals surface area (Å²) in [5.74, 6) is -2.18. The molecule has 12 nitrogen and oxygen atoms in total. The molecule has 0 saturated carbocycles. The van der Waals surface area contributed by atoms with E-state index in [1.165, 1.54) is 13.3 Å². The summed E-state index contributed by atoms with van der Waals surface area (Å²) in [5, 5.41) is 8.48. The first-order valence-corrected chi connectivity index (χ1v) is 10.5. The van der Waals surface area contributed by atoms with Crippen LogP contribution in [0.25, 0.3) is 11.2 Å². The molecule has 2 aromatic heterocycles. The van der Waals surface area contributed by atoms with Crippen LogP contribution < -0.4 is 11.2 Å². The van der Waals surface area contributed by atoms with Gasteiger partial charge in [0.05, 0.1) is 12.5 Å². The molecule has 0 bridgehead atoms. The number of aromatic nitrogens is 4. The van der Waals surface area contributed by atoms with Gasteiger partial charge in [-0.05, 0) is 33.3 Å². The number of benzene rings is 1. The van der Waals surface area contributed by atoms with Crippen LogP contribution in [0.3, 0.4) is 0 Å². The van der Waals surface area contributed by atoms with Crippen molar-refractivity contribution in [2.24, 2.45) is 5.73 Å². The molecular formula is C22H27N7O5. The maximum absolute atomic E-state index is 13.3. The maximum atomic E-state index is 13.3. The molecule has 1 atom stereocenters. The van der Waals surface area contributed by atoms with Gasteiger partial charge in [-0.1, -0.05) is 30.3 Å². The number of H-pyrrole nitrogens is 1. The average molecular weight is 470 g/mol. The molecule has 4 N–H and O–H groups in total. The number of hydrogen-bond donors (Lipinski definition) is 3. The normalized spacial score (nSPS) is 12.3. The van der Waals surface area contributed by atoms with Crippen molar-refractivity contribution in [2.75, 3.05) is 6.54 Å². The highest BCUT2D eigenvalue weighted by atomic mass is 16.6. The van der Waals surface area contributed by atoms with E-state index < -0.39 is 42.1 Å². The van der Waals surface area contributed by atoms with E-state index in [9.17, 15) is 14.4 Å². The molecule has 0 saturated heterocycles. The van der Waals surface area contributed by atoms with E-state index >= 15 is 0 Å². The second kappa shape index (κ2) is 9.83. The van der Waals surface area contributed by atoms with Crippen LogP contribution in [0.5, 0.6) is 0 Å². The molecule has 0 spiro atoms. The summed E-state index contributed by atoms with van der Waals surface area (Å²) in [7, 11) is 0. The van der Waals surface area contributed by atoms with Gasteiger partial charge in [-0.3, -0.25) is 15.1 Å². The third kappa shape index (κ3) is 5.64. The largest absolute Gasteiger partial charge is 0.455 e. The molecular weight excluding hydrogens is 442 g/mol. The third-order valence-corrected chi connectivity index (χ3v) is 4.57. The molecule has 34 heavy (non-hydrogen) atoms. The minimum Gasteiger partial charge on any atom is -0.455 e. The molecule has 0 aliphatic rings. The first-order chi connectivity index (χ1) is 16.0. The van der Waals surface area contributed by atoms with E-state index in [-0.39, 0.29) is 23.3 Å². The van der Waals surface area contributed by atoms with E-state index in [4.69, 9.17) is 20.6 Å². The molecule has 1 unspecified atom stereocenters. The fourth-order valence-corrected chi connectivity index (χ4v) is 2.99. The fourth-order valence-electron chi connectivity index (χ4n) is 2.99. The summed E-state index contributed by atoms with van der Waals surface area (Å²) < 4.78 is 11.4. The Labute approximate surface area is 195 Å². The summed E-state index contributed by atoms with van der Waals surface area (Å²) in [6, 6.07) is 8.96. The van der Waals surface area contributed by atoms with Crippen molar-refractivity contribution in [1.82, 2.24) is 24.4 Å². The summed E-state index contributed by atoms with van der Waals surface area (Å²) in [6.07, 6.45) is -0.406. The molecule has 0 aliphatic carbocycles. The van der Waals surface area contributed by atoms with Crippen LogP contribution in [0, 0.1) is 5.41 Å². The summed E-state index contributed by atoms with van der Waals surface area (Å²) >= 11 is 0. The lowest BCUT2D eigenvalue weighted by atomic mass is 10.2. The van der Waals surface area contributed by atoms with E-state index in [1.54, 1.807) is 45.0 Å². The number of esters is 1. The lowest BCUT2D eigenvalue weighted by Crippen LogP contribution is -2.50. The first kappa shape index (κ1) is 24.6. The summed E-state index contributed by atoms with van der Waals surface area (Å²) in [4.78, 5) is 50.6. The van der Waals surface area contributed by atoms with Crippen LogP contribution in [0.2, 0.25) is 0 Å². The van der Waals surface area contributed by atoms with Gasteiger partial charge in [0.1, 0.15) is 24.3 Å². The molecule has 180 valence electrons. The van der Waals surface area contributed by atoms with Crippen LogP contribution in [-0.4, -0.2) is 60.7 Å². The number of hydrogen-bond acceptors (Lipinski definition) is 9. The van der Waals surface area contributed by atoms with Crippen molar-refractivity contribution in [3.8, 4) is 0 Å². The zero-order valence-corrected chi connectivity index (χ0v) is 19.4. The lowest BCUT2D eigenvalue weighted by molar-refractivity contribution is 0.0171. The van der Waals surface area contributed by atoms with Gasteiger partial charge in [0, 0.05) is 0 Å². The first-order valence-electron chi connectivity index (χ1n) is 10.5. The Bertz CT molecular complexity index is 1260. The number of rotatable bonds is 6. The van der Waals surface area contributed by atoms with E-state index in [2.05, 4.69) is 15.0 Å². The predicted octanol–water partition coefficient (Wildman–Crippen LogP) is 1.78. The number of ether oxygens (including phenoxy) is 2. The molecule has 0 fully saturated rings. The topological polar surface area (TPSA) is 169 Å². The molecule has 3 aromatic rings. The van der Waals surface area contributed by atoms with Gasteiger partial charge in [-0.2, -0.15) is 0 Å². The Balaban J connectivity index is 1.95. The van der Waals surface area contributed by atoms with E-state index in [0.29, 0.717) is 0 Å². The molecule has 2 heterocycles.